The first-order chi connectivity index (χ1) is 16.0. The molecule has 0 bridgehead atoms. The molecule has 8 nitrogen and oxygen atoms in total. The van der Waals surface area contributed by atoms with E-state index in [4.69, 9.17) is 9.47 Å². The largest absolute Gasteiger partial charge is 0.486 e. The maximum absolute atomic E-state index is 14.0. The van der Waals surface area contributed by atoms with Gasteiger partial charge in [-0.25, -0.2) is 4.90 Å². The van der Waals surface area contributed by atoms with E-state index in [1.165, 1.54) is 4.90 Å². The Morgan fingerprint density at radius 3 is 2.67 bits per heavy atom. The summed E-state index contributed by atoms with van der Waals surface area (Å²) in [7, 11) is 0. The van der Waals surface area contributed by atoms with Crippen LogP contribution in [0.4, 0.5) is 11.4 Å². The van der Waals surface area contributed by atoms with Crippen LogP contribution in [-0.2, 0) is 19.9 Å². The van der Waals surface area contributed by atoms with Gasteiger partial charge in [0.15, 0.2) is 11.5 Å². The molecular formula is C25H23N3O5. The van der Waals surface area contributed by atoms with Crippen LogP contribution in [0.1, 0.15) is 24.0 Å². The number of rotatable bonds is 1. The van der Waals surface area contributed by atoms with Gasteiger partial charge in [0.2, 0.25) is 17.7 Å². The summed E-state index contributed by atoms with van der Waals surface area (Å²) in [5.41, 5.74) is 1.88. The van der Waals surface area contributed by atoms with Crippen LogP contribution in [0, 0.1) is 18.8 Å². The van der Waals surface area contributed by atoms with Crippen LogP contribution in [0.25, 0.3) is 0 Å². The Bertz CT molecular complexity index is 1260. The topological polar surface area (TPSA) is 88.2 Å². The average Bonchev–Trinajstić information content (AvgIpc) is 3.52. The number of ether oxygens (including phenoxy) is 2. The fourth-order valence-corrected chi connectivity index (χ4v) is 6.74. The SMILES string of the molecule is Cc1ccc2c(c1)C1(C(=O)N2)C2C(=O)N(c3ccc4c(c3)OCCO4)C(=O)C2C2CCCN21. The van der Waals surface area contributed by atoms with Gasteiger partial charge in [-0.05, 0) is 44.5 Å². The summed E-state index contributed by atoms with van der Waals surface area (Å²) >= 11 is 0. The van der Waals surface area contributed by atoms with Crippen molar-refractivity contribution in [2.24, 2.45) is 11.8 Å². The predicted molar refractivity (Wildman–Crippen MR) is 118 cm³/mol. The first kappa shape index (κ1) is 19.1. The molecule has 0 saturated carbocycles. The highest BCUT2D eigenvalue weighted by Crippen LogP contribution is 2.60. The molecule has 4 unspecified atom stereocenters. The number of benzene rings is 2. The Balaban J connectivity index is 1.39. The number of hydrogen-bond acceptors (Lipinski definition) is 6. The molecule has 5 heterocycles. The molecule has 7 rings (SSSR count). The summed E-state index contributed by atoms with van der Waals surface area (Å²) in [6.45, 7) is 3.56. The van der Waals surface area contributed by atoms with Crippen LogP contribution in [0.15, 0.2) is 36.4 Å². The number of aryl methyl sites for hydroxylation is 1. The maximum atomic E-state index is 14.0. The zero-order chi connectivity index (χ0) is 22.5. The van der Waals surface area contributed by atoms with Gasteiger partial charge >= 0.3 is 0 Å². The van der Waals surface area contributed by atoms with Crippen LogP contribution < -0.4 is 19.7 Å². The summed E-state index contributed by atoms with van der Waals surface area (Å²) in [4.78, 5) is 44.9. The van der Waals surface area contributed by atoms with Gasteiger partial charge < -0.3 is 14.8 Å². The van der Waals surface area contributed by atoms with E-state index < -0.39 is 17.4 Å². The fourth-order valence-electron chi connectivity index (χ4n) is 6.74. The van der Waals surface area contributed by atoms with Crippen LogP contribution >= 0.6 is 0 Å². The number of hydrogen-bond donors (Lipinski definition) is 1. The monoisotopic (exact) mass is 445 g/mol. The van der Waals surface area contributed by atoms with Gasteiger partial charge in [-0.3, -0.25) is 19.3 Å². The smallest absolute Gasteiger partial charge is 0.250 e. The van der Waals surface area contributed by atoms with E-state index in [1.807, 2.05) is 25.1 Å². The van der Waals surface area contributed by atoms with Crippen molar-refractivity contribution in [3.8, 4) is 11.5 Å². The molecule has 0 radical (unpaired) electrons. The lowest BCUT2D eigenvalue weighted by molar-refractivity contribution is -0.135. The van der Waals surface area contributed by atoms with E-state index in [0.717, 1.165) is 29.7 Å². The zero-order valence-electron chi connectivity index (χ0n) is 18.2. The van der Waals surface area contributed by atoms with Crippen molar-refractivity contribution in [2.45, 2.75) is 31.3 Å². The van der Waals surface area contributed by atoms with E-state index in [2.05, 4.69) is 10.2 Å². The molecule has 8 heteroatoms. The van der Waals surface area contributed by atoms with E-state index in [-0.39, 0.29) is 23.8 Å². The predicted octanol–water partition coefficient (Wildman–Crippen LogP) is 2.20. The Morgan fingerprint density at radius 2 is 1.82 bits per heavy atom. The molecule has 3 amide bonds. The molecule has 1 spiro atoms. The zero-order valence-corrected chi connectivity index (χ0v) is 18.2. The molecule has 2 aromatic carbocycles. The van der Waals surface area contributed by atoms with E-state index in [9.17, 15) is 14.4 Å². The number of anilines is 2. The molecule has 2 aromatic rings. The number of nitrogens with zero attached hydrogens (tertiary/aromatic N) is 2. The standard InChI is InChI=1S/C25H23N3O5/c1-13-4-6-16-15(11-13)25(24(31)26-16)21-20(17-3-2-8-27(17)25)22(29)28(23(21)30)14-5-7-18-19(12-14)33-10-9-32-18/h4-7,11-12,17,20-21H,2-3,8-10H2,1H3,(H,26,31). The molecule has 1 N–H and O–H groups in total. The summed E-state index contributed by atoms with van der Waals surface area (Å²) in [6, 6.07) is 10.9. The number of fused-ring (bicyclic) bond motifs is 8. The van der Waals surface area contributed by atoms with Crippen molar-refractivity contribution in [3.63, 3.8) is 0 Å². The number of amides is 3. The van der Waals surface area contributed by atoms with Crippen molar-refractivity contribution in [3.05, 3.63) is 47.5 Å². The Hall–Kier alpha value is -3.39. The van der Waals surface area contributed by atoms with Gasteiger partial charge in [0.25, 0.3) is 0 Å². The number of nitrogens with one attached hydrogen (secondary N) is 1. The van der Waals surface area contributed by atoms with Crippen molar-refractivity contribution in [2.75, 3.05) is 30.0 Å². The van der Waals surface area contributed by atoms with Gasteiger partial charge in [-0.15, -0.1) is 0 Å². The van der Waals surface area contributed by atoms with Crippen LogP contribution in [0.5, 0.6) is 11.5 Å². The van der Waals surface area contributed by atoms with E-state index in [0.29, 0.717) is 36.9 Å². The molecule has 0 aromatic heterocycles. The fraction of sp³-hybridized carbons (Fsp3) is 0.400. The summed E-state index contributed by atoms with van der Waals surface area (Å²) in [6.07, 6.45) is 1.70. The summed E-state index contributed by atoms with van der Waals surface area (Å²) in [5, 5.41) is 3.01. The molecule has 168 valence electrons. The quantitative estimate of drug-likeness (QED) is 0.677. The van der Waals surface area contributed by atoms with Crippen molar-refractivity contribution < 1.29 is 23.9 Å². The van der Waals surface area contributed by atoms with E-state index in [1.54, 1.807) is 18.2 Å². The van der Waals surface area contributed by atoms with Crippen molar-refractivity contribution in [1.82, 2.24) is 4.90 Å². The lowest BCUT2D eigenvalue weighted by Gasteiger charge is -2.36. The van der Waals surface area contributed by atoms with Gasteiger partial charge in [0.05, 0.1) is 17.5 Å². The molecule has 5 aliphatic heterocycles. The van der Waals surface area contributed by atoms with Crippen molar-refractivity contribution >= 4 is 29.1 Å². The lowest BCUT2D eigenvalue weighted by Crippen LogP contribution is -2.54. The highest BCUT2D eigenvalue weighted by atomic mass is 16.6. The second kappa shape index (κ2) is 6.35. The second-order valence-electron chi connectivity index (χ2n) is 9.52. The molecule has 3 saturated heterocycles. The average molecular weight is 445 g/mol. The van der Waals surface area contributed by atoms with Gasteiger partial charge in [0.1, 0.15) is 18.8 Å². The highest BCUT2D eigenvalue weighted by Gasteiger charge is 2.74. The number of imide groups is 1. The molecule has 33 heavy (non-hydrogen) atoms. The summed E-state index contributed by atoms with van der Waals surface area (Å²) in [5.74, 6) is -0.940. The van der Waals surface area contributed by atoms with Gasteiger partial charge in [-0.2, -0.15) is 0 Å². The third-order valence-corrected chi connectivity index (χ3v) is 7.93. The van der Waals surface area contributed by atoms with Gasteiger partial charge in [0, 0.05) is 23.4 Å². The van der Waals surface area contributed by atoms with Crippen LogP contribution in [0.2, 0.25) is 0 Å². The molecule has 3 fully saturated rings. The molecule has 4 atom stereocenters. The first-order valence-corrected chi connectivity index (χ1v) is 11.5. The van der Waals surface area contributed by atoms with Crippen LogP contribution in [0.3, 0.4) is 0 Å². The van der Waals surface area contributed by atoms with E-state index >= 15 is 0 Å². The normalized spacial score (nSPS) is 31.7. The van der Waals surface area contributed by atoms with Gasteiger partial charge in [-0.1, -0.05) is 17.7 Å². The highest BCUT2D eigenvalue weighted by molar-refractivity contribution is 6.26. The first-order valence-electron chi connectivity index (χ1n) is 11.5. The number of carbonyl (C=O) groups excluding carboxylic acids is 3. The minimum Gasteiger partial charge on any atom is -0.486 e. The number of carbonyl (C=O) groups is 3. The second-order valence-corrected chi connectivity index (χ2v) is 9.52. The lowest BCUT2D eigenvalue weighted by atomic mass is 9.75. The Kier molecular flexibility index (Phi) is 3.68. The minimum absolute atomic E-state index is 0.133. The third kappa shape index (κ3) is 2.22. The third-order valence-electron chi connectivity index (χ3n) is 7.93. The van der Waals surface area contributed by atoms with Crippen LogP contribution in [-0.4, -0.2) is 48.4 Å². The van der Waals surface area contributed by atoms with Crippen molar-refractivity contribution in [1.29, 1.82) is 0 Å². The Morgan fingerprint density at radius 1 is 1.00 bits per heavy atom. The Labute approximate surface area is 190 Å². The molecule has 0 aliphatic carbocycles. The molecule has 5 aliphatic rings. The minimum atomic E-state index is -1.15. The molecular weight excluding hydrogens is 422 g/mol. The summed E-state index contributed by atoms with van der Waals surface area (Å²) < 4.78 is 11.3. The maximum Gasteiger partial charge on any atom is 0.250 e.